The molecule has 12 atom stereocenters. The van der Waals surface area contributed by atoms with Crippen LogP contribution in [0.4, 0.5) is 0 Å². The highest BCUT2D eigenvalue weighted by Crippen LogP contribution is 2.28. The van der Waals surface area contributed by atoms with Crippen molar-refractivity contribution in [3.63, 3.8) is 0 Å². The maximum Gasteiger partial charge on any atom is 0.187 e. The van der Waals surface area contributed by atoms with Gasteiger partial charge in [-0.3, -0.25) is 0 Å². The highest BCUT2D eigenvalue weighted by Gasteiger charge is 2.45. The monoisotopic (exact) mass is 695 g/mol. The Balaban J connectivity index is 2.75. The van der Waals surface area contributed by atoms with Crippen LogP contribution in [0.5, 0.6) is 0 Å². The molecule has 0 spiro atoms. The van der Waals surface area contributed by atoms with Gasteiger partial charge in [0.05, 0.1) is 25.1 Å². The molecule has 1 heterocycles. The zero-order valence-corrected chi connectivity index (χ0v) is 32.0. The fraction of sp³-hybridized carbons (Fsp3) is 0.805. The number of aliphatic hydroxyl groups excluding tert-OH is 6. The van der Waals surface area contributed by atoms with Gasteiger partial charge in [-0.15, -0.1) is 0 Å². The summed E-state index contributed by atoms with van der Waals surface area (Å²) in [7, 11) is 0. The van der Waals surface area contributed by atoms with Gasteiger partial charge in [-0.05, 0) is 86.0 Å². The molecule has 6 N–H and O–H groups in total. The lowest BCUT2D eigenvalue weighted by Crippen LogP contribution is -2.59. The highest BCUT2D eigenvalue weighted by molar-refractivity contribution is 5.04. The molecule has 0 saturated carbocycles. The normalized spacial score (nSPS) is 26.8. The van der Waals surface area contributed by atoms with Crippen molar-refractivity contribution >= 4 is 0 Å². The van der Waals surface area contributed by atoms with E-state index in [0.717, 1.165) is 43.6 Å². The first-order chi connectivity index (χ1) is 23.2. The van der Waals surface area contributed by atoms with E-state index in [9.17, 15) is 30.6 Å². The SMILES string of the molecule is CCC(C)CC=CC(C)C=CC(O[C@@H]1O[C@H](CO)[C@@H](O)[C@H](O)[C@H]1O)C(C)CCCC(=CO)CCC(O)C(C)C=CCC(C)CCCC(C)C. The summed E-state index contributed by atoms with van der Waals surface area (Å²) in [6.45, 7) is 16.9. The zero-order chi connectivity index (χ0) is 36.9. The molecule has 0 aromatic heterocycles. The molecule has 1 aliphatic heterocycles. The zero-order valence-electron chi connectivity index (χ0n) is 32.0. The summed E-state index contributed by atoms with van der Waals surface area (Å²) < 4.78 is 11.9. The van der Waals surface area contributed by atoms with Crippen molar-refractivity contribution in [3.05, 3.63) is 48.3 Å². The van der Waals surface area contributed by atoms with E-state index in [-0.39, 0.29) is 17.8 Å². The fourth-order valence-corrected chi connectivity index (χ4v) is 6.06. The van der Waals surface area contributed by atoms with E-state index in [1.165, 1.54) is 25.5 Å². The Kier molecular flexibility index (Phi) is 23.6. The lowest BCUT2D eigenvalue weighted by Gasteiger charge is -2.41. The van der Waals surface area contributed by atoms with Crippen molar-refractivity contribution in [2.45, 2.75) is 169 Å². The largest absolute Gasteiger partial charge is 0.516 e. The summed E-state index contributed by atoms with van der Waals surface area (Å²) in [5.41, 5.74) is 0.892. The van der Waals surface area contributed by atoms with Crippen LogP contribution >= 0.6 is 0 Å². The Hall–Kier alpha value is -1.52. The van der Waals surface area contributed by atoms with Crippen LogP contribution in [-0.2, 0) is 9.47 Å². The number of hydrogen-bond donors (Lipinski definition) is 6. The summed E-state index contributed by atoms with van der Waals surface area (Å²) in [6, 6.07) is 0. The number of rotatable bonds is 25. The smallest absolute Gasteiger partial charge is 0.187 e. The van der Waals surface area contributed by atoms with E-state index in [4.69, 9.17) is 9.47 Å². The third-order valence-electron chi connectivity index (χ3n) is 10.1. The average Bonchev–Trinajstić information content (AvgIpc) is 3.07. The molecule has 0 aliphatic carbocycles. The Morgan fingerprint density at radius 3 is 2.06 bits per heavy atom. The molecule has 8 heteroatoms. The van der Waals surface area contributed by atoms with Gasteiger partial charge < -0.3 is 40.1 Å². The molecule has 0 bridgehead atoms. The molecule has 8 nitrogen and oxygen atoms in total. The molecule has 1 fully saturated rings. The average molecular weight is 695 g/mol. The van der Waals surface area contributed by atoms with Gasteiger partial charge in [0, 0.05) is 0 Å². The van der Waals surface area contributed by atoms with E-state index >= 15 is 0 Å². The highest BCUT2D eigenvalue weighted by atomic mass is 16.7. The van der Waals surface area contributed by atoms with Gasteiger partial charge >= 0.3 is 0 Å². The molecule has 0 amide bonds. The molecule has 7 unspecified atom stereocenters. The van der Waals surface area contributed by atoms with Crippen LogP contribution in [0.3, 0.4) is 0 Å². The lowest BCUT2D eigenvalue weighted by atomic mass is 9.92. The molecular weight excluding hydrogens is 620 g/mol. The van der Waals surface area contributed by atoms with Crippen LogP contribution in [0.25, 0.3) is 0 Å². The number of allylic oxidation sites excluding steroid dienone is 5. The van der Waals surface area contributed by atoms with Crippen molar-refractivity contribution in [1.29, 1.82) is 0 Å². The molecule has 49 heavy (non-hydrogen) atoms. The Bertz CT molecular complexity index is 959. The van der Waals surface area contributed by atoms with Gasteiger partial charge in [-0.1, -0.05) is 118 Å². The van der Waals surface area contributed by atoms with Gasteiger partial charge in [0.1, 0.15) is 24.4 Å². The second kappa shape index (κ2) is 25.4. The first-order valence-corrected chi connectivity index (χ1v) is 19.2. The third-order valence-corrected chi connectivity index (χ3v) is 10.1. The number of aliphatic hydroxyl groups is 6. The van der Waals surface area contributed by atoms with Gasteiger partial charge in [0.2, 0.25) is 0 Å². The van der Waals surface area contributed by atoms with Gasteiger partial charge in [0.15, 0.2) is 6.29 Å². The van der Waals surface area contributed by atoms with E-state index in [1.807, 2.05) is 19.9 Å². The molecule has 1 saturated heterocycles. The fourth-order valence-electron chi connectivity index (χ4n) is 6.06. The maximum absolute atomic E-state index is 10.8. The van der Waals surface area contributed by atoms with E-state index in [1.54, 1.807) is 0 Å². The molecule has 1 aliphatic rings. The summed E-state index contributed by atoms with van der Waals surface area (Å²) in [4.78, 5) is 0. The Morgan fingerprint density at radius 1 is 0.755 bits per heavy atom. The van der Waals surface area contributed by atoms with Crippen molar-refractivity contribution in [2.24, 2.45) is 35.5 Å². The van der Waals surface area contributed by atoms with Gasteiger partial charge in [-0.25, -0.2) is 0 Å². The summed E-state index contributed by atoms with van der Waals surface area (Å²) in [5.74, 6) is 2.20. The van der Waals surface area contributed by atoms with Crippen LogP contribution in [-0.4, -0.2) is 80.2 Å². The minimum Gasteiger partial charge on any atom is -0.516 e. The van der Waals surface area contributed by atoms with Crippen molar-refractivity contribution < 1.29 is 40.1 Å². The van der Waals surface area contributed by atoms with Crippen LogP contribution in [0.15, 0.2) is 48.3 Å². The number of ether oxygens (including phenoxy) is 2. The van der Waals surface area contributed by atoms with Crippen molar-refractivity contribution in [1.82, 2.24) is 0 Å². The standard InChI is InChI=1S/C41H74O8/c1-9-29(4)15-11-17-31(6)22-25-36(48-41-40(47)39(46)38(45)37(27-43)49-41)33(8)20-13-21-34(26-42)23-24-35(44)32(7)19-12-18-30(5)16-10-14-28(2)3/h11-12,17,19,22,25-26,28-33,35-47H,9-10,13-16,18,20-21,23-24,27H2,1-8H3/t29?,30?,31?,32?,33?,35?,36?,37-,38-,39+,40-,41-/m1/s1. The molecule has 1 rings (SSSR count). The van der Waals surface area contributed by atoms with E-state index in [2.05, 4.69) is 71.9 Å². The minimum absolute atomic E-state index is 0.0108. The molecule has 0 aromatic rings. The topological polar surface area (TPSA) is 140 Å². The molecule has 286 valence electrons. The molecular formula is C41H74O8. The van der Waals surface area contributed by atoms with Crippen LogP contribution in [0, 0.1) is 35.5 Å². The van der Waals surface area contributed by atoms with Crippen LogP contribution in [0.1, 0.15) is 126 Å². The quantitative estimate of drug-likeness (QED) is 0.0421. The van der Waals surface area contributed by atoms with Gasteiger partial charge in [-0.2, -0.15) is 0 Å². The molecule has 0 aromatic carbocycles. The summed E-state index contributed by atoms with van der Waals surface area (Å²) >= 11 is 0. The van der Waals surface area contributed by atoms with E-state index in [0.29, 0.717) is 31.1 Å². The predicted octanol–water partition coefficient (Wildman–Crippen LogP) is 7.79. The second-order valence-corrected chi connectivity index (χ2v) is 15.4. The maximum atomic E-state index is 10.8. The minimum atomic E-state index is -1.51. The second-order valence-electron chi connectivity index (χ2n) is 15.4. The third kappa shape index (κ3) is 18.5. The Labute approximate surface area is 299 Å². The van der Waals surface area contributed by atoms with Crippen molar-refractivity contribution in [3.8, 4) is 0 Å². The Morgan fingerprint density at radius 2 is 1.43 bits per heavy atom. The van der Waals surface area contributed by atoms with Crippen molar-refractivity contribution in [2.75, 3.05) is 6.61 Å². The lowest BCUT2D eigenvalue weighted by molar-refractivity contribution is -0.310. The summed E-state index contributed by atoms with van der Waals surface area (Å²) in [5, 5.41) is 61.5. The first-order valence-electron chi connectivity index (χ1n) is 19.2. The number of hydrogen-bond acceptors (Lipinski definition) is 8. The summed E-state index contributed by atoms with van der Waals surface area (Å²) in [6.07, 6.45) is 16.6. The van der Waals surface area contributed by atoms with Crippen LogP contribution < -0.4 is 0 Å². The first kappa shape index (κ1) is 45.5. The van der Waals surface area contributed by atoms with E-state index < -0.39 is 49.5 Å². The van der Waals surface area contributed by atoms with Gasteiger partial charge in [0.25, 0.3) is 0 Å². The van der Waals surface area contributed by atoms with Crippen LogP contribution in [0.2, 0.25) is 0 Å². The molecule has 0 radical (unpaired) electrons. The predicted molar refractivity (Wildman–Crippen MR) is 200 cm³/mol.